The highest BCUT2D eigenvalue weighted by molar-refractivity contribution is 9.10. The highest BCUT2D eigenvalue weighted by atomic mass is 79.9. The molecule has 3 aromatic carbocycles. The number of hydrogen-bond donors (Lipinski definition) is 0. The number of amides is 3. The van der Waals surface area contributed by atoms with Crippen molar-refractivity contribution in [1.29, 1.82) is 0 Å². The van der Waals surface area contributed by atoms with E-state index < -0.39 is 11.1 Å². The minimum absolute atomic E-state index is 0.207. The number of fused-ring (bicyclic) bond motifs is 1. The Balaban J connectivity index is 1.27. The Morgan fingerprint density at radius 3 is 2.59 bits per heavy atom. The molecule has 5 rings (SSSR count). The number of halogens is 2. The summed E-state index contributed by atoms with van der Waals surface area (Å²) in [6.45, 7) is 1.02. The topological polar surface area (TPSA) is 76.2 Å². The number of rotatable bonds is 7. The summed E-state index contributed by atoms with van der Waals surface area (Å²) in [4.78, 5) is 41.6. The highest BCUT2D eigenvalue weighted by Gasteiger charge is 2.37. The molecule has 39 heavy (non-hydrogen) atoms. The maximum absolute atomic E-state index is 13.1. The van der Waals surface area contributed by atoms with Gasteiger partial charge in [0, 0.05) is 17.6 Å². The summed E-state index contributed by atoms with van der Waals surface area (Å²) in [5, 5.41) is -0.179. The van der Waals surface area contributed by atoms with Gasteiger partial charge in [0.15, 0.2) is 11.5 Å². The zero-order valence-electron chi connectivity index (χ0n) is 21.0. The summed E-state index contributed by atoms with van der Waals surface area (Å²) in [5.74, 6) is -0.00172. The van der Waals surface area contributed by atoms with Crippen molar-refractivity contribution < 1.29 is 23.9 Å². The van der Waals surface area contributed by atoms with Crippen molar-refractivity contribution in [3.8, 4) is 11.5 Å². The molecule has 7 nitrogen and oxygen atoms in total. The van der Waals surface area contributed by atoms with Crippen LogP contribution in [-0.2, 0) is 29.2 Å². The van der Waals surface area contributed by atoms with Crippen LogP contribution in [0.25, 0.3) is 6.08 Å². The number of benzene rings is 3. The van der Waals surface area contributed by atoms with Crippen molar-refractivity contribution in [3.05, 3.63) is 97.3 Å². The molecule has 0 spiro atoms. The van der Waals surface area contributed by atoms with Crippen LogP contribution in [0, 0.1) is 0 Å². The van der Waals surface area contributed by atoms with Gasteiger partial charge in [0.2, 0.25) is 5.91 Å². The Labute approximate surface area is 243 Å². The molecule has 2 aliphatic heterocycles. The monoisotopic (exact) mass is 626 g/mol. The number of nitrogens with zero attached hydrogens (tertiary/aromatic N) is 2. The van der Waals surface area contributed by atoms with Crippen molar-refractivity contribution in [2.24, 2.45) is 0 Å². The number of carbonyl (C=O) groups is 3. The van der Waals surface area contributed by atoms with Gasteiger partial charge in [-0.05, 0) is 70.8 Å². The average molecular weight is 628 g/mol. The van der Waals surface area contributed by atoms with Crippen LogP contribution in [0.5, 0.6) is 11.5 Å². The number of imide groups is 1. The van der Waals surface area contributed by atoms with Crippen LogP contribution in [0.1, 0.15) is 22.3 Å². The Kier molecular flexibility index (Phi) is 8.30. The second kappa shape index (κ2) is 11.9. The molecule has 0 radical (unpaired) electrons. The Morgan fingerprint density at radius 1 is 1.10 bits per heavy atom. The molecule has 0 unspecified atom stereocenters. The van der Waals surface area contributed by atoms with E-state index in [4.69, 9.17) is 21.1 Å². The molecule has 0 N–H and O–H groups in total. The molecule has 200 valence electrons. The van der Waals surface area contributed by atoms with Crippen LogP contribution in [0.15, 0.2) is 70.0 Å². The molecule has 0 atom stereocenters. The molecule has 0 bridgehead atoms. The van der Waals surface area contributed by atoms with Gasteiger partial charge >= 0.3 is 0 Å². The summed E-state index contributed by atoms with van der Waals surface area (Å²) in [6.07, 6.45) is 2.31. The van der Waals surface area contributed by atoms with E-state index in [9.17, 15) is 14.4 Å². The summed E-state index contributed by atoms with van der Waals surface area (Å²) >= 11 is 10.7. The molecular weight excluding hydrogens is 604 g/mol. The van der Waals surface area contributed by atoms with Gasteiger partial charge in [-0.25, -0.2) is 0 Å². The predicted octanol–water partition coefficient (Wildman–Crippen LogP) is 6.31. The van der Waals surface area contributed by atoms with E-state index in [0.717, 1.165) is 38.7 Å². The van der Waals surface area contributed by atoms with Crippen molar-refractivity contribution >= 4 is 62.4 Å². The van der Waals surface area contributed by atoms with E-state index in [-0.39, 0.29) is 24.0 Å². The van der Waals surface area contributed by atoms with E-state index >= 15 is 0 Å². The quantitative estimate of drug-likeness (QED) is 0.286. The maximum Gasteiger partial charge on any atom is 0.294 e. The molecule has 2 aliphatic rings. The van der Waals surface area contributed by atoms with Crippen molar-refractivity contribution in [3.63, 3.8) is 0 Å². The summed E-state index contributed by atoms with van der Waals surface area (Å²) in [7, 11) is 1.50. The number of carbonyl (C=O) groups excluding carboxylic acids is 3. The van der Waals surface area contributed by atoms with E-state index in [1.807, 2.05) is 42.5 Å². The SMILES string of the molecule is COc1cc(/C=C2\SC(=O)N(CC(=O)N3CCc4ccccc4C3)C2=O)cc(Cl)c1OCc1ccc(Br)cc1. The largest absolute Gasteiger partial charge is 0.493 e. The lowest BCUT2D eigenvalue weighted by atomic mass is 10.00. The molecule has 1 saturated heterocycles. The summed E-state index contributed by atoms with van der Waals surface area (Å²) < 4.78 is 12.4. The van der Waals surface area contributed by atoms with Crippen LogP contribution in [-0.4, -0.2) is 47.1 Å². The van der Waals surface area contributed by atoms with Gasteiger partial charge in [-0.2, -0.15) is 0 Å². The fraction of sp³-hybridized carbons (Fsp3) is 0.207. The van der Waals surface area contributed by atoms with Crippen molar-refractivity contribution in [1.82, 2.24) is 9.80 Å². The van der Waals surface area contributed by atoms with E-state index in [2.05, 4.69) is 22.0 Å². The summed E-state index contributed by atoms with van der Waals surface area (Å²) in [6, 6.07) is 19.0. The third-order valence-electron chi connectivity index (χ3n) is 6.50. The van der Waals surface area contributed by atoms with Crippen molar-refractivity contribution in [2.75, 3.05) is 20.2 Å². The summed E-state index contributed by atoms with van der Waals surface area (Å²) in [5.41, 5.74) is 3.82. The molecule has 0 aliphatic carbocycles. The molecule has 3 amide bonds. The first kappa shape index (κ1) is 27.3. The van der Waals surface area contributed by atoms with Gasteiger partial charge in [0.25, 0.3) is 11.1 Å². The minimum Gasteiger partial charge on any atom is -0.493 e. The lowest BCUT2D eigenvalue weighted by Gasteiger charge is -2.29. The minimum atomic E-state index is -0.513. The van der Waals surface area contributed by atoms with Crippen LogP contribution in [0.2, 0.25) is 5.02 Å². The fourth-order valence-electron chi connectivity index (χ4n) is 4.43. The smallest absolute Gasteiger partial charge is 0.294 e. The first-order chi connectivity index (χ1) is 18.8. The maximum atomic E-state index is 13.1. The number of ether oxygens (including phenoxy) is 2. The second-order valence-electron chi connectivity index (χ2n) is 9.05. The Bertz CT molecular complexity index is 1480. The lowest BCUT2D eigenvalue weighted by Crippen LogP contribution is -2.44. The van der Waals surface area contributed by atoms with Crippen molar-refractivity contribution in [2.45, 2.75) is 19.6 Å². The normalized spacial score (nSPS) is 16.0. The zero-order chi connectivity index (χ0) is 27.5. The Hall–Kier alpha value is -3.27. The first-order valence-electron chi connectivity index (χ1n) is 12.2. The Morgan fingerprint density at radius 2 is 1.85 bits per heavy atom. The number of hydrogen-bond acceptors (Lipinski definition) is 6. The van der Waals surface area contributed by atoms with E-state index in [1.165, 1.54) is 12.7 Å². The molecule has 3 aromatic rings. The molecule has 1 fully saturated rings. The van der Waals surface area contributed by atoms with Gasteiger partial charge < -0.3 is 14.4 Å². The van der Waals surface area contributed by atoms with Crippen LogP contribution in [0.3, 0.4) is 0 Å². The molecule has 2 heterocycles. The van der Waals surface area contributed by atoms with E-state index in [0.29, 0.717) is 35.2 Å². The molecule has 10 heteroatoms. The fourth-order valence-corrected chi connectivity index (χ4v) is 5.81. The number of thioether (sulfide) groups is 1. The van der Waals surface area contributed by atoms with E-state index in [1.54, 1.807) is 23.1 Å². The second-order valence-corrected chi connectivity index (χ2v) is 11.4. The first-order valence-corrected chi connectivity index (χ1v) is 14.2. The third kappa shape index (κ3) is 6.16. The van der Waals surface area contributed by atoms with Gasteiger partial charge in [-0.1, -0.05) is 63.9 Å². The van der Waals surface area contributed by atoms with Gasteiger partial charge in [0.1, 0.15) is 13.2 Å². The third-order valence-corrected chi connectivity index (χ3v) is 8.21. The van der Waals surface area contributed by atoms with Gasteiger partial charge in [-0.3, -0.25) is 19.3 Å². The van der Waals surface area contributed by atoms with Crippen LogP contribution >= 0.6 is 39.3 Å². The molecular formula is C29H24BrClN2O5S. The van der Waals surface area contributed by atoms with Gasteiger partial charge in [-0.15, -0.1) is 0 Å². The molecule has 0 aromatic heterocycles. The predicted molar refractivity (Wildman–Crippen MR) is 155 cm³/mol. The van der Waals surface area contributed by atoms with Gasteiger partial charge in [0.05, 0.1) is 17.0 Å². The van der Waals surface area contributed by atoms with Crippen LogP contribution in [0.4, 0.5) is 4.79 Å². The average Bonchev–Trinajstić information content (AvgIpc) is 3.19. The lowest BCUT2D eigenvalue weighted by molar-refractivity contribution is -0.136. The van der Waals surface area contributed by atoms with Crippen LogP contribution < -0.4 is 9.47 Å². The molecule has 0 saturated carbocycles. The highest BCUT2D eigenvalue weighted by Crippen LogP contribution is 2.39. The number of methoxy groups -OCH3 is 1. The standard InChI is InChI=1S/C29H24BrClN2O5S/c1-37-24-13-19(12-23(31)27(24)38-17-18-6-8-22(30)9-7-18)14-25-28(35)33(29(36)39-25)16-26(34)32-11-10-20-4-2-3-5-21(20)15-32/h2-9,12-14H,10-11,15-17H2,1H3/b25-14-. The zero-order valence-corrected chi connectivity index (χ0v) is 24.1.